The van der Waals surface area contributed by atoms with Gasteiger partial charge in [0.05, 0.1) is 9.40 Å². The molecule has 4 nitrogen and oxygen atoms in total. The first kappa shape index (κ1) is 15.1. The predicted molar refractivity (Wildman–Crippen MR) is 76.6 cm³/mol. The third-order valence-electron chi connectivity index (χ3n) is 3.05. The van der Waals surface area contributed by atoms with E-state index in [4.69, 9.17) is 0 Å². The molecule has 1 N–H and O–H groups in total. The summed E-state index contributed by atoms with van der Waals surface area (Å²) in [5.41, 5.74) is 1.04. The van der Waals surface area contributed by atoms with Gasteiger partial charge in [-0.2, -0.15) is 0 Å². The lowest BCUT2D eigenvalue weighted by molar-refractivity contribution is -0.385. The van der Waals surface area contributed by atoms with E-state index < -0.39 is 0 Å². The Bertz CT molecular complexity index is 421. The highest BCUT2D eigenvalue weighted by Gasteiger charge is 2.16. The molecular weight excluding hydrogens is 296 g/mol. The van der Waals surface area contributed by atoms with Crippen LogP contribution in [0.5, 0.6) is 0 Å². The third kappa shape index (κ3) is 3.78. The molecule has 1 atom stereocenters. The van der Waals surface area contributed by atoms with Crippen LogP contribution in [0.25, 0.3) is 0 Å². The van der Waals surface area contributed by atoms with Gasteiger partial charge >= 0.3 is 0 Å². The number of nitrogens with zero attached hydrogens (tertiary/aromatic N) is 1. The van der Waals surface area contributed by atoms with Gasteiger partial charge < -0.3 is 5.32 Å². The molecule has 0 radical (unpaired) electrons. The van der Waals surface area contributed by atoms with E-state index in [1.807, 2.05) is 6.07 Å². The Morgan fingerprint density at radius 2 is 2.11 bits per heavy atom. The maximum absolute atomic E-state index is 10.8. The molecule has 0 aromatic heterocycles. The summed E-state index contributed by atoms with van der Waals surface area (Å²) in [5, 5.41) is 14.3. The zero-order valence-corrected chi connectivity index (χ0v) is 12.5. The van der Waals surface area contributed by atoms with Gasteiger partial charge in [-0.15, -0.1) is 0 Å². The molecule has 1 unspecified atom stereocenters. The number of nitro groups is 1. The quantitative estimate of drug-likeness (QED) is 0.640. The van der Waals surface area contributed by atoms with Crippen LogP contribution >= 0.6 is 15.9 Å². The smallest absolute Gasteiger partial charge is 0.283 e. The maximum atomic E-state index is 10.8. The number of benzene rings is 1. The maximum Gasteiger partial charge on any atom is 0.283 e. The lowest BCUT2D eigenvalue weighted by atomic mass is 10.0. The molecule has 0 saturated carbocycles. The molecule has 18 heavy (non-hydrogen) atoms. The molecule has 0 heterocycles. The monoisotopic (exact) mass is 314 g/mol. The fourth-order valence-electron chi connectivity index (χ4n) is 1.94. The molecule has 100 valence electrons. The lowest BCUT2D eigenvalue weighted by Crippen LogP contribution is -2.32. The first-order valence-corrected chi connectivity index (χ1v) is 6.91. The Kier molecular flexibility index (Phi) is 5.75. The van der Waals surface area contributed by atoms with Crippen molar-refractivity contribution >= 4 is 21.6 Å². The molecule has 1 aromatic rings. The van der Waals surface area contributed by atoms with Crippen molar-refractivity contribution in [2.45, 2.75) is 39.8 Å². The van der Waals surface area contributed by atoms with Gasteiger partial charge in [-0.1, -0.05) is 32.9 Å². The first-order chi connectivity index (χ1) is 8.47. The first-order valence-electron chi connectivity index (χ1n) is 6.12. The van der Waals surface area contributed by atoms with Gasteiger partial charge in [-0.05, 0) is 33.8 Å². The summed E-state index contributed by atoms with van der Waals surface area (Å²) >= 11 is 3.31. The van der Waals surface area contributed by atoms with Gasteiger partial charge in [0.15, 0.2) is 0 Å². The van der Waals surface area contributed by atoms with Gasteiger partial charge in [-0.25, -0.2) is 0 Å². The van der Waals surface area contributed by atoms with Crippen LogP contribution in [0.2, 0.25) is 0 Å². The Morgan fingerprint density at radius 1 is 1.44 bits per heavy atom. The van der Waals surface area contributed by atoms with E-state index in [9.17, 15) is 10.1 Å². The van der Waals surface area contributed by atoms with Crippen LogP contribution in [-0.2, 0) is 6.54 Å². The van der Waals surface area contributed by atoms with Crippen molar-refractivity contribution in [1.29, 1.82) is 0 Å². The number of hydrogen-bond acceptors (Lipinski definition) is 3. The molecule has 0 aliphatic carbocycles. The third-order valence-corrected chi connectivity index (χ3v) is 3.97. The Balaban J connectivity index is 2.79. The van der Waals surface area contributed by atoms with Crippen LogP contribution < -0.4 is 5.32 Å². The summed E-state index contributed by atoms with van der Waals surface area (Å²) in [7, 11) is 0. The fourth-order valence-corrected chi connectivity index (χ4v) is 2.49. The molecule has 0 fully saturated rings. The fraction of sp³-hybridized carbons (Fsp3) is 0.538. The normalized spacial score (nSPS) is 12.7. The largest absolute Gasteiger partial charge is 0.310 e. The SMILES string of the molecule is CCC(NCc1cccc([N+](=O)[O-])c1Br)C(C)C. The Labute approximate surface area is 116 Å². The summed E-state index contributed by atoms with van der Waals surface area (Å²) in [6.45, 7) is 7.12. The van der Waals surface area contributed by atoms with Gasteiger partial charge in [0.25, 0.3) is 5.69 Å². The zero-order valence-electron chi connectivity index (χ0n) is 10.9. The summed E-state index contributed by atoms with van der Waals surface area (Å²) in [6, 6.07) is 5.55. The van der Waals surface area contributed by atoms with Crippen LogP contribution in [0.15, 0.2) is 22.7 Å². The molecule has 0 bridgehead atoms. The molecule has 1 rings (SSSR count). The van der Waals surface area contributed by atoms with E-state index in [2.05, 4.69) is 42.0 Å². The van der Waals surface area contributed by atoms with Crippen LogP contribution in [0, 0.1) is 16.0 Å². The van der Waals surface area contributed by atoms with Gasteiger partial charge in [0.2, 0.25) is 0 Å². The van der Waals surface area contributed by atoms with Crippen LogP contribution in [0.1, 0.15) is 32.8 Å². The number of halogens is 1. The summed E-state index contributed by atoms with van der Waals surface area (Å²) in [5.74, 6) is 0.549. The predicted octanol–water partition coefficient (Wildman–Crippen LogP) is 3.88. The average Bonchev–Trinajstić information content (AvgIpc) is 2.31. The Hall–Kier alpha value is -0.940. The topological polar surface area (TPSA) is 55.2 Å². The Morgan fingerprint density at radius 3 is 2.61 bits per heavy atom. The molecule has 0 saturated heterocycles. The van der Waals surface area contributed by atoms with Crippen LogP contribution in [0.4, 0.5) is 5.69 Å². The second-order valence-corrected chi connectivity index (χ2v) is 5.44. The standard InChI is InChI=1S/C13H19BrN2O2/c1-4-11(9(2)3)15-8-10-6-5-7-12(13(10)14)16(17)18/h5-7,9,11,15H,4,8H2,1-3H3. The van der Waals surface area contributed by atoms with Crippen molar-refractivity contribution in [3.63, 3.8) is 0 Å². The summed E-state index contributed by atoms with van der Waals surface area (Å²) in [4.78, 5) is 10.5. The minimum Gasteiger partial charge on any atom is -0.310 e. The molecular formula is C13H19BrN2O2. The number of rotatable bonds is 6. The molecule has 1 aromatic carbocycles. The van der Waals surface area contributed by atoms with Crippen LogP contribution in [-0.4, -0.2) is 11.0 Å². The minimum absolute atomic E-state index is 0.117. The highest BCUT2D eigenvalue weighted by Crippen LogP contribution is 2.28. The average molecular weight is 315 g/mol. The molecule has 5 heteroatoms. The number of nitrogens with one attached hydrogen (secondary N) is 1. The van der Waals surface area contributed by atoms with Gasteiger partial charge in [0.1, 0.15) is 0 Å². The van der Waals surface area contributed by atoms with Crippen molar-refractivity contribution in [3.05, 3.63) is 38.3 Å². The lowest BCUT2D eigenvalue weighted by Gasteiger charge is -2.21. The van der Waals surface area contributed by atoms with Crippen molar-refractivity contribution < 1.29 is 4.92 Å². The van der Waals surface area contributed by atoms with E-state index in [0.29, 0.717) is 23.0 Å². The highest BCUT2D eigenvalue weighted by molar-refractivity contribution is 9.10. The highest BCUT2D eigenvalue weighted by atomic mass is 79.9. The van der Waals surface area contributed by atoms with Crippen molar-refractivity contribution in [1.82, 2.24) is 5.32 Å². The summed E-state index contributed by atoms with van der Waals surface area (Å²) in [6.07, 6.45) is 1.05. The summed E-state index contributed by atoms with van der Waals surface area (Å²) < 4.78 is 0.570. The number of nitro benzene ring substituents is 1. The van der Waals surface area contributed by atoms with E-state index in [0.717, 1.165) is 12.0 Å². The van der Waals surface area contributed by atoms with E-state index >= 15 is 0 Å². The van der Waals surface area contributed by atoms with Crippen molar-refractivity contribution in [2.75, 3.05) is 0 Å². The number of hydrogen-bond donors (Lipinski definition) is 1. The van der Waals surface area contributed by atoms with Crippen LogP contribution in [0.3, 0.4) is 0 Å². The van der Waals surface area contributed by atoms with E-state index in [-0.39, 0.29) is 10.6 Å². The molecule has 0 spiro atoms. The van der Waals surface area contributed by atoms with Gasteiger partial charge in [-0.3, -0.25) is 10.1 Å². The molecule has 0 amide bonds. The van der Waals surface area contributed by atoms with E-state index in [1.54, 1.807) is 6.07 Å². The molecule has 0 aliphatic rings. The van der Waals surface area contributed by atoms with Gasteiger partial charge in [0, 0.05) is 18.7 Å². The molecule has 0 aliphatic heterocycles. The second-order valence-electron chi connectivity index (χ2n) is 4.65. The van der Waals surface area contributed by atoms with Crippen molar-refractivity contribution in [3.8, 4) is 0 Å². The van der Waals surface area contributed by atoms with E-state index in [1.165, 1.54) is 6.07 Å². The van der Waals surface area contributed by atoms with Crippen molar-refractivity contribution in [2.24, 2.45) is 5.92 Å². The minimum atomic E-state index is -0.368. The zero-order chi connectivity index (χ0) is 13.7. The second kappa shape index (κ2) is 6.85.